The molecule has 6 nitrogen and oxygen atoms in total. The molecule has 1 aromatic rings. The normalized spacial score (nSPS) is 18.9. The third kappa shape index (κ3) is 4.11. The number of para-hydroxylation sites is 1. The molecule has 0 aliphatic carbocycles. The van der Waals surface area contributed by atoms with Gasteiger partial charge in [-0.05, 0) is 39.2 Å². The maximum Gasteiger partial charge on any atom is 0.492 e. The summed E-state index contributed by atoms with van der Waals surface area (Å²) < 4.78 is 12.1. The molecule has 1 saturated heterocycles. The molecule has 1 aliphatic rings. The van der Waals surface area contributed by atoms with Crippen molar-refractivity contribution in [3.63, 3.8) is 0 Å². The second-order valence-corrected chi connectivity index (χ2v) is 7.12. The predicted molar refractivity (Wildman–Crippen MR) is 96.2 cm³/mol. The molecule has 1 amide bonds. The van der Waals surface area contributed by atoms with Crippen molar-refractivity contribution in [2.24, 2.45) is 0 Å². The zero-order valence-corrected chi connectivity index (χ0v) is 15.3. The molecule has 0 unspecified atom stereocenters. The predicted octanol–water partition coefficient (Wildman–Crippen LogP) is 2.36. The van der Waals surface area contributed by atoms with E-state index in [1.165, 1.54) is 13.0 Å². The first-order chi connectivity index (χ1) is 11.6. The van der Waals surface area contributed by atoms with Gasteiger partial charge < -0.3 is 19.7 Å². The number of carbonyl (C=O) groups is 2. The highest BCUT2D eigenvalue weighted by molar-refractivity contribution is 6.56. The van der Waals surface area contributed by atoms with Gasteiger partial charge in [0, 0.05) is 19.0 Å². The van der Waals surface area contributed by atoms with E-state index in [2.05, 4.69) is 5.32 Å². The monoisotopic (exact) mass is 345 g/mol. The van der Waals surface area contributed by atoms with Crippen LogP contribution in [-0.2, 0) is 14.1 Å². The number of carbonyl (C=O) groups excluding carboxylic acids is 2. The van der Waals surface area contributed by atoms with Gasteiger partial charge in [0.15, 0.2) is 6.29 Å². The average molecular weight is 345 g/mol. The van der Waals surface area contributed by atoms with Crippen molar-refractivity contribution in [1.29, 1.82) is 0 Å². The Morgan fingerprint density at radius 1 is 1.20 bits per heavy atom. The fourth-order valence-corrected chi connectivity index (χ4v) is 2.41. The van der Waals surface area contributed by atoms with E-state index in [9.17, 15) is 14.7 Å². The number of aromatic hydroxyl groups is 1. The van der Waals surface area contributed by atoms with E-state index in [-0.39, 0.29) is 23.8 Å². The molecule has 2 rings (SSSR count). The summed E-state index contributed by atoms with van der Waals surface area (Å²) in [5.41, 5.74) is 0.243. The van der Waals surface area contributed by atoms with Gasteiger partial charge in [0.2, 0.25) is 5.91 Å². The quantitative estimate of drug-likeness (QED) is 0.632. The van der Waals surface area contributed by atoms with Gasteiger partial charge >= 0.3 is 7.12 Å². The highest BCUT2D eigenvalue weighted by atomic mass is 16.7. The van der Waals surface area contributed by atoms with Gasteiger partial charge in [-0.2, -0.15) is 0 Å². The summed E-state index contributed by atoms with van der Waals surface area (Å²) in [5, 5.41) is 12.9. The number of hydrogen-bond donors (Lipinski definition) is 2. The first-order valence-electron chi connectivity index (χ1n) is 8.15. The highest BCUT2D eigenvalue weighted by Crippen LogP contribution is 2.39. The van der Waals surface area contributed by atoms with Crippen molar-refractivity contribution in [2.75, 3.05) is 6.54 Å². The Labute approximate surface area is 148 Å². The molecule has 7 heteroatoms. The lowest BCUT2D eigenvalue weighted by atomic mass is 9.76. The van der Waals surface area contributed by atoms with Crippen molar-refractivity contribution in [2.45, 2.75) is 45.8 Å². The third-order valence-electron chi connectivity index (χ3n) is 4.66. The zero-order chi connectivity index (χ0) is 18.8. The maximum atomic E-state index is 11.3. The highest BCUT2D eigenvalue weighted by Gasteiger charge is 2.52. The van der Waals surface area contributed by atoms with E-state index in [1.807, 2.05) is 27.7 Å². The Morgan fingerprint density at radius 2 is 1.76 bits per heavy atom. The number of phenolic OH excluding ortho intramolecular Hbond substituents is 1. The lowest BCUT2D eigenvalue weighted by Crippen LogP contribution is -2.41. The van der Waals surface area contributed by atoms with Crippen molar-refractivity contribution in [3.8, 4) is 5.75 Å². The summed E-state index contributed by atoms with van der Waals surface area (Å²) >= 11 is 0. The molecule has 1 heterocycles. The van der Waals surface area contributed by atoms with Gasteiger partial charge in [0.1, 0.15) is 5.75 Å². The van der Waals surface area contributed by atoms with E-state index < -0.39 is 18.3 Å². The van der Waals surface area contributed by atoms with E-state index in [4.69, 9.17) is 9.31 Å². The zero-order valence-electron chi connectivity index (χ0n) is 15.3. The minimum absolute atomic E-state index is 0.116. The van der Waals surface area contributed by atoms with Crippen LogP contribution in [0.4, 0.5) is 0 Å². The SMILES string of the molecule is CC(=O)NCC(=Cc1cccc(C=O)c1O)B1OC(C)(C)C(C)(C)O1. The first kappa shape index (κ1) is 19.2. The second-order valence-electron chi connectivity index (χ2n) is 7.12. The number of benzene rings is 1. The standard InChI is InChI=1S/C18H24BNO5/c1-12(22)20-10-15(19-24-17(2,3)18(4,5)25-19)9-13-7-6-8-14(11-21)16(13)23/h6-9,11,23H,10H2,1-5H3,(H,20,22). The third-order valence-corrected chi connectivity index (χ3v) is 4.66. The van der Waals surface area contributed by atoms with Gasteiger partial charge in [-0.1, -0.05) is 18.2 Å². The van der Waals surface area contributed by atoms with Crippen molar-refractivity contribution in [3.05, 3.63) is 34.8 Å². The summed E-state index contributed by atoms with van der Waals surface area (Å²) in [5.74, 6) is -0.303. The topological polar surface area (TPSA) is 84.9 Å². The van der Waals surface area contributed by atoms with Gasteiger partial charge in [-0.3, -0.25) is 9.59 Å². The van der Waals surface area contributed by atoms with E-state index >= 15 is 0 Å². The lowest BCUT2D eigenvalue weighted by Gasteiger charge is -2.32. The molecule has 1 aliphatic heterocycles. The van der Waals surface area contributed by atoms with Crippen LogP contribution in [0.15, 0.2) is 23.7 Å². The molecule has 0 spiro atoms. The maximum absolute atomic E-state index is 11.3. The fraction of sp³-hybridized carbons (Fsp3) is 0.444. The van der Waals surface area contributed by atoms with Crippen LogP contribution in [0.5, 0.6) is 5.75 Å². The van der Waals surface area contributed by atoms with Gasteiger partial charge in [-0.25, -0.2) is 0 Å². The van der Waals surface area contributed by atoms with Crippen LogP contribution >= 0.6 is 0 Å². The number of aldehydes is 1. The smallest absolute Gasteiger partial charge is 0.492 e. The molecule has 0 atom stereocenters. The largest absolute Gasteiger partial charge is 0.507 e. The molecule has 134 valence electrons. The number of hydrogen-bond acceptors (Lipinski definition) is 5. The summed E-state index contributed by atoms with van der Waals surface area (Å²) in [6.07, 6.45) is 2.27. The van der Waals surface area contributed by atoms with Crippen LogP contribution in [0.3, 0.4) is 0 Å². The van der Waals surface area contributed by atoms with Crippen LogP contribution in [-0.4, -0.2) is 42.2 Å². The number of rotatable bonds is 5. The lowest BCUT2D eigenvalue weighted by molar-refractivity contribution is -0.118. The van der Waals surface area contributed by atoms with Crippen LogP contribution < -0.4 is 5.32 Å². The number of phenols is 1. The molecule has 0 radical (unpaired) electrons. The summed E-state index contributed by atoms with van der Waals surface area (Å²) in [4.78, 5) is 22.3. The molecular weight excluding hydrogens is 321 g/mol. The molecule has 1 fully saturated rings. The van der Waals surface area contributed by atoms with Crippen molar-refractivity contribution in [1.82, 2.24) is 5.32 Å². The Hall–Kier alpha value is -2.12. The van der Waals surface area contributed by atoms with E-state index in [0.29, 0.717) is 17.3 Å². The fourth-order valence-electron chi connectivity index (χ4n) is 2.41. The van der Waals surface area contributed by atoms with Crippen LogP contribution in [0.1, 0.15) is 50.5 Å². The Morgan fingerprint density at radius 3 is 2.28 bits per heavy atom. The van der Waals surface area contributed by atoms with Crippen LogP contribution in [0.2, 0.25) is 0 Å². The number of amides is 1. The Bertz CT molecular complexity index is 695. The summed E-state index contributed by atoms with van der Waals surface area (Å²) in [6.45, 7) is 9.38. The molecule has 0 bridgehead atoms. The van der Waals surface area contributed by atoms with Gasteiger partial charge in [-0.15, -0.1) is 0 Å². The second kappa shape index (κ2) is 7.02. The van der Waals surface area contributed by atoms with Crippen LogP contribution in [0.25, 0.3) is 6.08 Å². The molecule has 0 aromatic heterocycles. The average Bonchev–Trinajstić information content (AvgIpc) is 2.73. The molecule has 1 aromatic carbocycles. The van der Waals surface area contributed by atoms with Crippen molar-refractivity contribution >= 4 is 25.4 Å². The minimum atomic E-state index is -0.670. The van der Waals surface area contributed by atoms with E-state index in [1.54, 1.807) is 18.2 Å². The summed E-state index contributed by atoms with van der Waals surface area (Å²) in [7, 11) is -0.670. The van der Waals surface area contributed by atoms with Crippen LogP contribution in [0, 0.1) is 0 Å². The Kier molecular flexibility index (Phi) is 5.39. The molecular formula is C18H24BNO5. The molecule has 2 N–H and O–H groups in total. The molecule has 0 saturated carbocycles. The summed E-state index contributed by atoms with van der Waals surface area (Å²) in [6, 6.07) is 4.89. The minimum Gasteiger partial charge on any atom is -0.507 e. The molecule has 25 heavy (non-hydrogen) atoms. The number of nitrogens with one attached hydrogen (secondary N) is 1. The Balaban J connectivity index is 2.40. The van der Waals surface area contributed by atoms with Crippen molar-refractivity contribution < 1.29 is 24.0 Å². The van der Waals surface area contributed by atoms with Gasteiger partial charge in [0.25, 0.3) is 0 Å². The van der Waals surface area contributed by atoms with Gasteiger partial charge in [0.05, 0.1) is 16.8 Å². The first-order valence-corrected chi connectivity index (χ1v) is 8.15. The van der Waals surface area contributed by atoms with E-state index in [0.717, 1.165) is 0 Å².